The first-order valence-corrected chi connectivity index (χ1v) is 9.40. The summed E-state index contributed by atoms with van der Waals surface area (Å²) < 4.78 is 23.8. The van der Waals surface area contributed by atoms with Gasteiger partial charge in [-0.1, -0.05) is 47.6 Å². The van der Waals surface area contributed by atoms with Crippen LogP contribution in [-0.4, -0.2) is 16.1 Å². The number of carbonyl (C=O) groups is 1. The van der Waals surface area contributed by atoms with Gasteiger partial charge in [-0.2, -0.15) is 0 Å². The summed E-state index contributed by atoms with van der Waals surface area (Å²) in [6, 6.07) is 18.3. The highest BCUT2D eigenvalue weighted by Crippen LogP contribution is 2.25. The Morgan fingerprint density at radius 1 is 0.935 bits per heavy atom. The average molecular weight is 415 g/mol. The maximum absolute atomic E-state index is 13.0. The number of aromatic nitrogens is 2. The Hall–Kier alpha value is -4.33. The van der Waals surface area contributed by atoms with Gasteiger partial charge in [0.2, 0.25) is 5.89 Å². The van der Waals surface area contributed by atoms with E-state index in [4.69, 9.17) is 8.83 Å². The predicted molar refractivity (Wildman–Crippen MR) is 111 cm³/mol. The van der Waals surface area contributed by atoms with Crippen molar-refractivity contribution in [2.45, 2.75) is 6.42 Å². The predicted octanol–water partition coefficient (Wildman–Crippen LogP) is 4.31. The molecule has 152 valence electrons. The van der Waals surface area contributed by atoms with Crippen molar-refractivity contribution in [1.82, 2.24) is 10.2 Å². The van der Waals surface area contributed by atoms with Crippen LogP contribution in [0.4, 0.5) is 10.4 Å². The maximum Gasteiger partial charge on any atom is 0.349 e. The first-order chi connectivity index (χ1) is 15.1. The number of nitrogens with one attached hydrogen (secondary N) is 1. The van der Waals surface area contributed by atoms with E-state index in [0.717, 1.165) is 16.3 Å². The summed E-state index contributed by atoms with van der Waals surface area (Å²) in [5.41, 5.74) is 0.207. The quantitative estimate of drug-likeness (QED) is 0.347. The van der Waals surface area contributed by atoms with Crippen LogP contribution in [0.3, 0.4) is 0 Å². The molecule has 0 radical (unpaired) electrons. The van der Waals surface area contributed by atoms with Crippen molar-refractivity contribution in [3.63, 3.8) is 0 Å². The fraction of sp³-hybridized carbons (Fsp3) is 0.0435. The van der Waals surface area contributed by atoms with E-state index in [9.17, 15) is 14.0 Å². The molecule has 0 unspecified atom stereocenters. The molecule has 0 atom stereocenters. The van der Waals surface area contributed by atoms with Crippen molar-refractivity contribution in [1.29, 1.82) is 0 Å². The Balaban J connectivity index is 1.42. The van der Waals surface area contributed by atoms with Gasteiger partial charge >= 0.3 is 11.6 Å². The zero-order chi connectivity index (χ0) is 21.4. The zero-order valence-electron chi connectivity index (χ0n) is 16.0. The highest BCUT2D eigenvalue weighted by atomic mass is 19.1. The molecule has 7 nitrogen and oxygen atoms in total. The van der Waals surface area contributed by atoms with E-state index in [0.29, 0.717) is 11.0 Å². The lowest BCUT2D eigenvalue weighted by molar-refractivity contribution is 0.102. The number of benzene rings is 3. The Morgan fingerprint density at radius 3 is 2.58 bits per heavy atom. The fourth-order valence-corrected chi connectivity index (χ4v) is 3.35. The van der Waals surface area contributed by atoms with Gasteiger partial charge in [0.25, 0.3) is 5.91 Å². The van der Waals surface area contributed by atoms with Crippen molar-refractivity contribution in [3.8, 4) is 0 Å². The van der Waals surface area contributed by atoms with Gasteiger partial charge in [-0.3, -0.25) is 10.1 Å². The summed E-state index contributed by atoms with van der Waals surface area (Å²) >= 11 is 0. The molecule has 0 aliphatic carbocycles. The molecule has 0 bridgehead atoms. The topological polar surface area (TPSA) is 98.2 Å². The van der Waals surface area contributed by atoms with Crippen LogP contribution in [0.15, 0.2) is 80.4 Å². The molecule has 0 aliphatic heterocycles. The normalized spacial score (nSPS) is 11.1. The fourth-order valence-electron chi connectivity index (χ4n) is 3.35. The highest BCUT2D eigenvalue weighted by molar-refractivity contribution is 6.09. The standard InChI is InChI=1S/C23H14FN3O4/c24-15-8-5-13(6-9-15)11-20-26-27-23(31-20)25-21(28)18-12-17-16-4-2-1-3-14(16)7-10-19(17)30-22(18)29/h1-10,12H,11H2,(H,25,27,28). The number of fused-ring (bicyclic) bond motifs is 3. The Labute approximate surface area is 174 Å². The molecule has 0 fully saturated rings. The summed E-state index contributed by atoms with van der Waals surface area (Å²) in [4.78, 5) is 25.0. The van der Waals surface area contributed by atoms with Crippen molar-refractivity contribution in [3.05, 3.63) is 100.0 Å². The van der Waals surface area contributed by atoms with Gasteiger partial charge in [-0.05, 0) is 40.6 Å². The molecule has 0 aliphatic rings. The third-order valence-corrected chi connectivity index (χ3v) is 4.84. The van der Waals surface area contributed by atoms with Crippen molar-refractivity contribution in [2.75, 3.05) is 5.32 Å². The maximum atomic E-state index is 13.0. The summed E-state index contributed by atoms with van der Waals surface area (Å²) in [6.45, 7) is 0. The number of rotatable bonds is 4. The molecular weight excluding hydrogens is 401 g/mol. The summed E-state index contributed by atoms with van der Waals surface area (Å²) in [5.74, 6) is -0.830. The SMILES string of the molecule is O=C(Nc1nnc(Cc2ccc(F)cc2)o1)c1cc2c(ccc3ccccc32)oc1=O. The molecule has 3 aromatic carbocycles. The van der Waals surface area contributed by atoms with Crippen molar-refractivity contribution in [2.24, 2.45) is 0 Å². The number of hydrogen-bond donors (Lipinski definition) is 1. The second-order valence-electron chi connectivity index (χ2n) is 6.90. The number of amides is 1. The molecule has 2 heterocycles. The van der Waals surface area contributed by atoms with Crippen LogP contribution in [0.5, 0.6) is 0 Å². The summed E-state index contributed by atoms with van der Waals surface area (Å²) in [6.07, 6.45) is 0.271. The van der Waals surface area contributed by atoms with Gasteiger partial charge in [0, 0.05) is 5.39 Å². The van der Waals surface area contributed by atoms with E-state index < -0.39 is 11.5 Å². The third kappa shape index (κ3) is 3.66. The van der Waals surface area contributed by atoms with E-state index in [1.807, 2.05) is 30.3 Å². The minimum atomic E-state index is -0.772. The number of hydrogen-bond acceptors (Lipinski definition) is 6. The Bertz CT molecular complexity index is 1490. The molecule has 31 heavy (non-hydrogen) atoms. The van der Waals surface area contributed by atoms with Crippen LogP contribution in [0.2, 0.25) is 0 Å². The van der Waals surface area contributed by atoms with Gasteiger partial charge in [-0.25, -0.2) is 9.18 Å². The van der Waals surface area contributed by atoms with Gasteiger partial charge < -0.3 is 8.83 Å². The Morgan fingerprint density at radius 2 is 1.74 bits per heavy atom. The van der Waals surface area contributed by atoms with Crippen LogP contribution < -0.4 is 10.9 Å². The summed E-state index contributed by atoms with van der Waals surface area (Å²) in [7, 11) is 0. The lowest BCUT2D eigenvalue weighted by Gasteiger charge is -2.05. The molecule has 1 amide bonds. The van der Waals surface area contributed by atoms with E-state index in [-0.39, 0.29) is 29.7 Å². The molecule has 1 N–H and O–H groups in total. The van der Waals surface area contributed by atoms with E-state index in [1.165, 1.54) is 18.2 Å². The van der Waals surface area contributed by atoms with Crippen molar-refractivity contribution < 1.29 is 18.0 Å². The first-order valence-electron chi connectivity index (χ1n) is 9.40. The molecule has 5 aromatic rings. The molecule has 0 saturated heterocycles. The van der Waals surface area contributed by atoms with Crippen LogP contribution in [0, 0.1) is 5.82 Å². The highest BCUT2D eigenvalue weighted by Gasteiger charge is 2.18. The van der Waals surface area contributed by atoms with Crippen molar-refractivity contribution >= 4 is 33.7 Å². The zero-order valence-corrected chi connectivity index (χ0v) is 16.0. The summed E-state index contributed by atoms with van der Waals surface area (Å²) in [5, 5.41) is 12.5. The second kappa shape index (κ2) is 7.49. The van der Waals surface area contributed by atoms with Crippen LogP contribution in [0.25, 0.3) is 21.7 Å². The minimum Gasteiger partial charge on any atom is -0.422 e. The van der Waals surface area contributed by atoms with E-state index in [1.54, 1.807) is 18.2 Å². The molecular formula is C23H14FN3O4. The lowest BCUT2D eigenvalue weighted by Crippen LogP contribution is -2.20. The van der Waals surface area contributed by atoms with Crippen LogP contribution >= 0.6 is 0 Å². The molecule has 0 spiro atoms. The molecule has 8 heteroatoms. The smallest absolute Gasteiger partial charge is 0.349 e. The van der Waals surface area contributed by atoms with E-state index in [2.05, 4.69) is 15.5 Å². The third-order valence-electron chi connectivity index (χ3n) is 4.84. The molecule has 0 saturated carbocycles. The number of nitrogens with zero attached hydrogens (tertiary/aromatic N) is 2. The van der Waals surface area contributed by atoms with Gasteiger partial charge in [-0.15, -0.1) is 5.10 Å². The Kier molecular flexibility index (Phi) is 4.51. The van der Waals surface area contributed by atoms with E-state index >= 15 is 0 Å². The lowest BCUT2D eigenvalue weighted by atomic mass is 10.0. The van der Waals surface area contributed by atoms with Crippen LogP contribution in [0.1, 0.15) is 21.8 Å². The monoisotopic (exact) mass is 415 g/mol. The minimum absolute atomic E-state index is 0.153. The van der Waals surface area contributed by atoms with Gasteiger partial charge in [0.1, 0.15) is 17.0 Å². The van der Waals surface area contributed by atoms with Gasteiger partial charge in [0.05, 0.1) is 6.42 Å². The average Bonchev–Trinajstić information content (AvgIpc) is 3.21. The van der Waals surface area contributed by atoms with Crippen LogP contribution in [-0.2, 0) is 6.42 Å². The number of halogens is 1. The largest absolute Gasteiger partial charge is 0.422 e. The van der Waals surface area contributed by atoms with Gasteiger partial charge in [0.15, 0.2) is 0 Å². The number of anilines is 1. The number of carbonyl (C=O) groups excluding carboxylic acids is 1. The molecule has 5 rings (SSSR count). The second-order valence-corrected chi connectivity index (χ2v) is 6.90. The first kappa shape index (κ1) is 18.7. The molecule has 2 aromatic heterocycles.